The lowest BCUT2D eigenvalue weighted by Crippen LogP contribution is -2.50. The molecule has 1 aliphatic carbocycles. The van der Waals surface area contributed by atoms with Gasteiger partial charge < -0.3 is 10.2 Å². The summed E-state index contributed by atoms with van der Waals surface area (Å²) < 4.78 is 12.2. The average molecular weight is 391 g/mol. The first kappa shape index (κ1) is 21.0. The Morgan fingerprint density at radius 2 is 2.00 bits per heavy atom. The van der Waals surface area contributed by atoms with Gasteiger partial charge in [-0.3, -0.25) is 9.69 Å². The number of hydrogen-bond acceptors (Lipinski definition) is 4. The Morgan fingerprint density at radius 1 is 1.25 bits per heavy atom. The number of piperazine rings is 1. The topological polar surface area (TPSA) is 48.5 Å². The highest BCUT2D eigenvalue weighted by Crippen LogP contribution is 2.43. The van der Waals surface area contributed by atoms with Crippen molar-refractivity contribution in [1.82, 2.24) is 15.2 Å². The fourth-order valence-electron chi connectivity index (χ4n) is 4.59. The Morgan fingerprint density at radius 3 is 2.61 bits per heavy atom. The molecule has 28 heavy (non-hydrogen) atoms. The SMILES string of the molecule is CCC(C)(C)C1CCC(N2CCN(c3ccc(C(=O)NCCF)nc3)CC2)C1. The number of hydrogen-bond donors (Lipinski definition) is 1. The van der Waals surface area contributed by atoms with Crippen molar-refractivity contribution in [3.8, 4) is 0 Å². The standard InChI is InChI=1S/C22H35FN4O/c1-4-22(2,3)17-5-6-18(15-17)26-11-13-27(14-12-26)19-7-8-20(25-16-19)21(28)24-10-9-23/h7-8,16-18H,4-6,9-15H2,1-3H3,(H,24,28). The molecule has 156 valence electrons. The van der Waals surface area contributed by atoms with Gasteiger partial charge in [-0.15, -0.1) is 0 Å². The highest BCUT2D eigenvalue weighted by Gasteiger charge is 2.37. The van der Waals surface area contributed by atoms with Gasteiger partial charge in [0.25, 0.3) is 5.91 Å². The van der Waals surface area contributed by atoms with Crippen molar-refractivity contribution < 1.29 is 9.18 Å². The number of amides is 1. The highest BCUT2D eigenvalue weighted by atomic mass is 19.1. The summed E-state index contributed by atoms with van der Waals surface area (Å²) in [5.41, 5.74) is 1.85. The number of nitrogens with one attached hydrogen (secondary N) is 1. The molecule has 5 nitrogen and oxygen atoms in total. The molecule has 1 saturated heterocycles. The van der Waals surface area contributed by atoms with Crippen LogP contribution in [0.4, 0.5) is 10.1 Å². The van der Waals surface area contributed by atoms with Crippen LogP contribution < -0.4 is 10.2 Å². The predicted molar refractivity (Wildman–Crippen MR) is 112 cm³/mol. The maximum Gasteiger partial charge on any atom is 0.269 e. The molecule has 1 N–H and O–H groups in total. The van der Waals surface area contributed by atoms with Gasteiger partial charge >= 0.3 is 0 Å². The number of rotatable bonds is 7. The molecule has 1 saturated carbocycles. The van der Waals surface area contributed by atoms with Crippen molar-refractivity contribution in [2.45, 2.75) is 52.5 Å². The van der Waals surface area contributed by atoms with Gasteiger partial charge in [0.05, 0.1) is 11.9 Å². The Kier molecular flexibility index (Phi) is 6.91. The highest BCUT2D eigenvalue weighted by molar-refractivity contribution is 5.92. The first-order chi connectivity index (χ1) is 13.4. The third-order valence-electron chi connectivity index (χ3n) is 6.98. The number of aromatic nitrogens is 1. The minimum Gasteiger partial charge on any atom is -0.368 e. The number of anilines is 1. The summed E-state index contributed by atoms with van der Waals surface area (Å²) in [5.74, 6) is 0.528. The lowest BCUT2D eigenvalue weighted by atomic mass is 9.76. The minimum atomic E-state index is -0.564. The van der Waals surface area contributed by atoms with Crippen LogP contribution in [0.15, 0.2) is 18.3 Å². The quantitative estimate of drug-likeness (QED) is 0.774. The van der Waals surface area contributed by atoms with Crippen LogP contribution >= 0.6 is 0 Å². The first-order valence-electron chi connectivity index (χ1n) is 10.7. The van der Waals surface area contributed by atoms with Gasteiger partial charge in [-0.2, -0.15) is 0 Å². The predicted octanol–water partition coefficient (Wildman–Crippen LogP) is 3.51. The molecular formula is C22H35FN4O. The fraction of sp³-hybridized carbons (Fsp3) is 0.727. The molecule has 1 aliphatic heterocycles. The zero-order chi connectivity index (χ0) is 20.1. The van der Waals surface area contributed by atoms with E-state index in [1.165, 1.54) is 25.7 Å². The summed E-state index contributed by atoms with van der Waals surface area (Å²) in [6, 6.07) is 4.41. The molecule has 2 aliphatic rings. The Balaban J connectivity index is 1.50. The largest absolute Gasteiger partial charge is 0.368 e. The zero-order valence-electron chi connectivity index (χ0n) is 17.6. The van der Waals surface area contributed by atoms with Crippen LogP contribution in [0.5, 0.6) is 0 Å². The summed E-state index contributed by atoms with van der Waals surface area (Å²) in [6.45, 7) is 10.8. The van der Waals surface area contributed by atoms with Crippen molar-refractivity contribution in [1.29, 1.82) is 0 Å². The molecule has 0 radical (unpaired) electrons. The molecule has 2 unspecified atom stereocenters. The van der Waals surface area contributed by atoms with E-state index in [1.807, 2.05) is 6.07 Å². The summed E-state index contributed by atoms with van der Waals surface area (Å²) in [6.07, 6.45) is 7.05. The van der Waals surface area contributed by atoms with Gasteiger partial charge in [0.2, 0.25) is 0 Å². The van der Waals surface area contributed by atoms with Gasteiger partial charge in [0.1, 0.15) is 12.4 Å². The molecule has 6 heteroatoms. The van der Waals surface area contributed by atoms with Crippen LogP contribution in [0.1, 0.15) is 56.9 Å². The molecular weight excluding hydrogens is 355 g/mol. The molecule has 1 aromatic heterocycles. The number of carbonyl (C=O) groups is 1. The first-order valence-corrected chi connectivity index (χ1v) is 10.7. The minimum absolute atomic E-state index is 0.0295. The lowest BCUT2D eigenvalue weighted by molar-refractivity contribution is 0.0946. The van der Waals surface area contributed by atoms with E-state index in [4.69, 9.17) is 0 Å². The molecule has 1 amide bonds. The summed E-state index contributed by atoms with van der Waals surface area (Å²) in [4.78, 5) is 21.1. The van der Waals surface area contributed by atoms with Crippen molar-refractivity contribution >= 4 is 11.6 Å². The monoisotopic (exact) mass is 390 g/mol. The lowest BCUT2D eigenvalue weighted by Gasteiger charge is -2.39. The molecule has 1 aromatic rings. The van der Waals surface area contributed by atoms with Gasteiger partial charge in [-0.25, -0.2) is 9.37 Å². The molecule has 3 rings (SSSR count). The number of carbonyl (C=O) groups excluding carboxylic acids is 1. The van der Waals surface area contributed by atoms with E-state index in [9.17, 15) is 9.18 Å². The molecule has 2 fully saturated rings. The third-order valence-corrected chi connectivity index (χ3v) is 6.98. The van der Waals surface area contributed by atoms with E-state index >= 15 is 0 Å². The van der Waals surface area contributed by atoms with E-state index in [-0.39, 0.29) is 12.5 Å². The summed E-state index contributed by atoms with van der Waals surface area (Å²) in [5, 5.41) is 2.51. The van der Waals surface area contributed by atoms with Crippen LogP contribution in [0.3, 0.4) is 0 Å². The van der Waals surface area contributed by atoms with Gasteiger partial charge in [-0.1, -0.05) is 27.2 Å². The Labute approximate surface area is 168 Å². The summed E-state index contributed by atoms with van der Waals surface area (Å²) in [7, 11) is 0. The Bertz CT molecular complexity index is 640. The van der Waals surface area contributed by atoms with E-state index in [0.717, 1.165) is 43.8 Å². The average Bonchev–Trinajstić information content (AvgIpc) is 3.23. The third kappa shape index (κ3) is 4.83. The van der Waals surface area contributed by atoms with E-state index in [2.05, 4.69) is 40.9 Å². The second-order valence-corrected chi connectivity index (χ2v) is 8.88. The number of nitrogens with zero attached hydrogens (tertiary/aromatic N) is 3. The van der Waals surface area contributed by atoms with Crippen molar-refractivity contribution in [3.05, 3.63) is 24.0 Å². The Hall–Kier alpha value is -1.69. The van der Waals surface area contributed by atoms with Crippen molar-refractivity contribution in [2.24, 2.45) is 11.3 Å². The zero-order valence-corrected chi connectivity index (χ0v) is 17.6. The second-order valence-electron chi connectivity index (χ2n) is 8.88. The summed E-state index contributed by atoms with van der Waals surface area (Å²) >= 11 is 0. The van der Waals surface area contributed by atoms with Crippen LogP contribution in [0.25, 0.3) is 0 Å². The normalized spacial score (nSPS) is 23.8. The molecule has 0 bridgehead atoms. The number of alkyl halides is 1. The van der Waals surface area contributed by atoms with Gasteiger partial charge in [-0.05, 0) is 42.7 Å². The van der Waals surface area contributed by atoms with Crippen LogP contribution in [-0.2, 0) is 0 Å². The van der Waals surface area contributed by atoms with Crippen molar-refractivity contribution in [3.63, 3.8) is 0 Å². The van der Waals surface area contributed by atoms with E-state index in [0.29, 0.717) is 11.1 Å². The van der Waals surface area contributed by atoms with Crippen LogP contribution in [-0.4, -0.2) is 61.2 Å². The molecule has 2 atom stereocenters. The molecule has 0 spiro atoms. The van der Waals surface area contributed by atoms with Crippen LogP contribution in [0.2, 0.25) is 0 Å². The van der Waals surface area contributed by atoms with E-state index < -0.39 is 6.67 Å². The second kappa shape index (κ2) is 9.21. The number of pyridine rings is 1. The number of halogens is 1. The smallest absolute Gasteiger partial charge is 0.269 e. The molecule has 0 aromatic carbocycles. The van der Waals surface area contributed by atoms with Gasteiger partial charge in [0.15, 0.2) is 0 Å². The molecule has 2 heterocycles. The maximum absolute atomic E-state index is 12.2. The van der Waals surface area contributed by atoms with E-state index in [1.54, 1.807) is 12.3 Å². The fourth-order valence-corrected chi connectivity index (χ4v) is 4.59. The van der Waals surface area contributed by atoms with Gasteiger partial charge in [0, 0.05) is 38.8 Å². The maximum atomic E-state index is 12.2. The van der Waals surface area contributed by atoms with Crippen LogP contribution in [0, 0.1) is 11.3 Å². The van der Waals surface area contributed by atoms with Crippen molar-refractivity contribution in [2.75, 3.05) is 44.3 Å².